The molecule has 2 saturated heterocycles. The monoisotopic (exact) mass is 308 g/mol. The summed E-state index contributed by atoms with van der Waals surface area (Å²) in [5.74, 6) is -1.11. The Balaban J connectivity index is 1.78. The van der Waals surface area contributed by atoms with Crippen LogP contribution < -0.4 is 5.32 Å². The molecule has 0 spiro atoms. The Labute approximate surface area is 123 Å². The van der Waals surface area contributed by atoms with E-state index < -0.39 is 18.1 Å². The smallest absolute Gasteiger partial charge is 0.381 e. The van der Waals surface area contributed by atoms with E-state index >= 15 is 0 Å². The maximum Gasteiger partial charge on any atom is 0.393 e. The molecule has 1 N–H and O–H groups in total. The number of likely N-dealkylation sites (N-methyl/N-ethyl adjacent to an activating group) is 1. The number of amides is 1. The van der Waals surface area contributed by atoms with Gasteiger partial charge in [-0.15, -0.1) is 0 Å². The predicted octanol–water partition coefficient (Wildman–Crippen LogP) is 1.80. The van der Waals surface area contributed by atoms with Crippen LogP contribution in [-0.2, 0) is 9.53 Å². The van der Waals surface area contributed by atoms with E-state index in [2.05, 4.69) is 5.32 Å². The molecule has 0 aromatic heterocycles. The number of hydrogen-bond donors (Lipinski definition) is 1. The summed E-state index contributed by atoms with van der Waals surface area (Å²) in [6.07, 6.45) is -1.87. The van der Waals surface area contributed by atoms with Crippen LogP contribution in [0.15, 0.2) is 0 Å². The highest BCUT2D eigenvalue weighted by atomic mass is 19.4. The lowest BCUT2D eigenvalue weighted by Crippen LogP contribution is -2.52. The number of alkyl halides is 3. The van der Waals surface area contributed by atoms with Crippen LogP contribution in [0.25, 0.3) is 0 Å². The molecule has 0 aromatic rings. The van der Waals surface area contributed by atoms with Crippen molar-refractivity contribution in [3.63, 3.8) is 0 Å². The van der Waals surface area contributed by atoms with Crippen LogP contribution in [-0.4, -0.2) is 56.4 Å². The zero-order chi connectivity index (χ0) is 15.5. The normalized spacial score (nSPS) is 31.0. The highest BCUT2D eigenvalue weighted by Crippen LogP contribution is 2.32. The van der Waals surface area contributed by atoms with Crippen molar-refractivity contribution in [2.75, 3.05) is 33.4 Å². The van der Waals surface area contributed by atoms with Gasteiger partial charge in [0.25, 0.3) is 0 Å². The van der Waals surface area contributed by atoms with Crippen LogP contribution in [0.2, 0.25) is 0 Å². The quantitative estimate of drug-likeness (QED) is 0.864. The maximum absolute atomic E-state index is 12.6. The first-order chi connectivity index (χ1) is 9.88. The lowest BCUT2D eigenvalue weighted by atomic mass is 9.93. The molecule has 2 aliphatic heterocycles. The molecule has 3 unspecified atom stereocenters. The van der Waals surface area contributed by atoms with E-state index in [0.717, 1.165) is 19.4 Å². The minimum absolute atomic E-state index is 0.0211. The third-order valence-corrected chi connectivity index (χ3v) is 4.34. The molecule has 2 heterocycles. The van der Waals surface area contributed by atoms with Gasteiger partial charge in [0.15, 0.2) is 0 Å². The van der Waals surface area contributed by atoms with Crippen LogP contribution in [0.1, 0.15) is 25.7 Å². The summed E-state index contributed by atoms with van der Waals surface area (Å²) in [6, 6.07) is -0.488. The Morgan fingerprint density at radius 3 is 2.62 bits per heavy atom. The summed E-state index contributed by atoms with van der Waals surface area (Å²) in [5.41, 5.74) is 0. The molecule has 0 aromatic carbocycles. The first-order valence-electron chi connectivity index (χ1n) is 7.50. The third-order valence-electron chi connectivity index (χ3n) is 4.34. The summed E-state index contributed by atoms with van der Waals surface area (Å²) >= 11 is 0. The molecule has 122 valence electrons. The second-order valence-electron chi connectivity index (χ2n) is 6.08. The van der Waals surface area contributed by atoms with Crippen molar-refractivity contribution in [3.8, 4) is 0 Å². The van der Waals surface area contributed by atoms with Crippen LogP contribution in [0.3, 0.4) is 0 Å². The number of carbonyl (C=O) groups is 1. The molecule has 2 aliphatic rings. The number of piperidine rings is 1. The number of halogens is 3. The molecule has 0 bridgehead atoms. The van der Waals surface area contributed by atoms with Crippen molar-refractivity contribution in [1.29, 1.82) is 0 Å². The van der Waals surface area contributed by atoms with Crippen molar-refractivity contribution in [3.05, 3.63) is 0 Å². The average Bonchev–Trinajstić information content (AvgIpc) is 2.46. The lowest BCUT2D eigenvalue weighted by Gasteiger charge is -2.34. The van der Waals surface area contributed by atoms with Gasteiger partial charge in [0, 0.05) is 26.7 Å². The van der Waals surface area contributed by atoms with Crippen molar-refractivity contribution in [1.82, 2.24) is 10.2 Å². The maximum atomic E-state index is 12.6. The van der Waals surface area contributed by atoms with Crippen LogP contribution >= 0.6 is 0 Å². The van der Waals surface area contributed by atoms with E-state index in [-0.39, 0.29) is 25.3 Å². The molecular formula is C14H23F3N2O2. The summed E-state index contributed by atoms with van der Waals surface area (Å²) in [6.45, 7) is 1.88. The fraction of sp³-hybridized carbons (Fsp3) is 0.929. The van der Waals surface area contributed by atoms with Gasteiger partial charge in [0.2, 0.25) is 5.91 Å². The van der Waals surface area contributed by atoms with Gasteiger partial charge in [-0.2, -0.15) is 13.2 Å². The number of ether oxygens (including phenoxy) is 1. The summed E-state index contributed by atoms with van der Waals surface area (Å²) in [5, 5.41) is 2.75. The Morgan fingerprint density at radius 2 is 2.10 bits per heavy atom. The molecule has 21 heavy (non-hydrogen) atoms. The SMILES string of the molecule is CN(CC1CCCOC1)C(=O)C1CCC(C(F)(F)F)CN1. The largest absolute Gasteiger partial charge is 0.393 e. The van der Waals surface area contributed by atoms with Gasteiger partial charge in [-0.25, -0.2) is 0 Å². The number of nitrogens with zero attached hydrogens (tertiary/aromatic N) is 1. The second-order valence-corrected chi connectivity index (χ2v) is 6.08. The molecule has 0 radical (unpaired) electrons. The van der Waals surface area contributed by atoms with Gasteiger partial charge in [-0.1, -0.05) is 0 Å². The van der Waals surface area contributed by atoms with E-state index in [1.165, 1.54) is 0 Å². The molecule has 3 atom stereocenters. The standard InChI is InChI=1S/C14H23F3N2O2/c1-19(8-10-3-2-6-21-9-10)13(20)12-5-4-11(7-18-12)14(15,16)17/h10-12,18H,2-9H2,1H3. The van der Waals surface area contributed by atoms with E-state index in [1.807, 2.05) is 0 Å². The Bertz CT molecular complexity index is 349. The lowest BCUT2D eigenvalue weighted by molar-refractivity contribution is -0.180. The highest BCUT2D eigenvalue weighted by molar-refractivity contribution is 5.81. The van der Waals surface area contributed by atoms with Gasteiger partial charge < -0.3 is 15.0 Å². The first kappa shape index (κ1) is 16.5. The van der Waals surface area contributed by atoms with Crippen LogP contribution in [0.4, 0.5) is 13.2 Å². The fourth-order valence-corrected chi connectivity index (χ4v) is 3.04. The van der Waals surface area contributed by atoms with Gasteiger partial charge in [-0.05, 0) is 31.6 Å². The summed E-state index contributed by atoms with van der Waals surface area (Å²) in [7, 11) is 1.72. The van der Waals surface area contributed by atoms with Crippen molar-refractivity contribution >= 4 is 5.91 Å². The van der Waals surface area contributed by atoms with Crippen molar-refractivity contribution in [2.24, 2.45) is 11.8 Å². The summed E-state index contributed by atoms with van der Waals surface area (Å²) < 4.78 is 43.1. The van der Waals surface area contributed by atoms with E-state index in [9.17, 15) is 18.0 Å². The number of carbonyl (C=O) groups excluding carboxylic acids is 1. The summed E-state index contributed by atoms with van der Waals surface area (Å²) in [4.78, 5) is 13.9. The van der Waals surface area contributed by atoms with Gasteiger partial charge in [-0.3, -0.25) is 4.79 Å². The number of rotatable bonds is 3. The Morgan fingerprint density at radius 1 is 1.33 bits per heavy atom. The molecule has 4 nitrogen and oxygen atoms in total. The van der Waals surface area contributed by atoms with Gasteiger partial charge >= 0.3 is 6.18 Å². The first-order valence-corrected chi connectivity index (χ1v) is 7.50. The molecular weight excluding hydrogens is 285 g/mol. The predicted molar refractivity (Wildman–Crippen MR) is 71.7 cm³/mol. The number of nitrogens with one attached hydrogen (secondary N) is 1. The molecule has 2 rings (SSSR count). The van der Waals surface area contributed by atoms with Gasteiger partial charge in [0.05, 0.1) is 18.6 Å². The third kappa shape index (κ3) is 4.57. The van der Waals surface area contributed by atoms with E-state index in [1.54, 1.807) is 11.9 Å². The Kier molecular flexibility index (Phi) is 5.48. The molecule has 0 saturated carbocycles. The topological polar surface area (TPSA) is 41.6 Å². The second kappa shape index (κ2) is 6.96. The minimum atomic E-state index is -4.17. The zero-order valence-corrected chi connectivity index (χ0v) is 12.3. The van der Waals surface area contributed by atoms with E-state index in [4.69, 9.17) is 4.74 Å². The van der Waals surface area contributed by atoms with Crippen LogP contribution in [0, 0.1) is 11.8 Å². The van der Waals surface area contributed by atoms with Crippen molar-refractivity contribution < 1.29 is 22.7 Å². The molecule has 2 fully saturated rings. The van der Waals surface area contributed by atoms with Gasteiger partial charge in [0.1, 0.15) is 0 Å². The highest BCUT2D eigenvalue weighted by Gasteiger charge is 2.42. The van der Waals surface area contributed by atoms with Crippen molar-refractivity contribution in [2.45, 2.75) is 37.9 Å². The van der Waals surface area contributed by atoms with Crippen LogP contribution in [0.5, 0.6) is 0 Å². The molecule has 1 amide bonds. The minimum Gasteiger partial charge on any atom is -0.381 e. The number of hydrogen-bond acceptors (Lipinski definition) is 3. The fourth-order valence-electron chi connectivity index (χ4n) is 3.04. The Hall–Kier alpha value is -0.820. The zero-order valence-electron chi connectivity index (χ0n) is 12.3. The molecule has 7 heteroatoms. The average molecular weight is 308 g/mol. The van der Waals surface area contributed by atoms with E-state index in [0.29, 0.717) is 19.1 Å². The molecule has 0 aliphatic carbocycles.